The molecule has 5 nitrogen and oxygen atoms in total. The molecule has 18 heavy (non-hydrogen) atoms. The Balaban J connectivity index is 1.78. The highest BCUT2D eigenvalue weighted by atomic mass is 32.2. The molecular formula is C12H17N3O2S. The van der Waals surface area contributed by atoms with E-state index in [0.717, 1.165) is 37.9 Å². The minimum atomic E-state index is -3.21. The van der Waals surface area contributed by atoms with Crippen LogP contribution in [-0.2, 0) is 10.0 Å². The van der Waals surface area contributed by atoms with Crippen LogP contribution in [0.3, 0.4) is 0 Å². The van der Waals surface area contributed by atoms with Gasteiger partial charge in [0, 0.05) is 6.04 Å². The Hall–Kier alpha value is -1.14. The number of pyridine rings is 1. The summed E-state index contributed by atoms with van der Waals surface area (Å²) in [7, 11) is -3.21. The van der Waals surface area contributed by atoms with E-state index in [4.69, 9.17) is 0 Å². The molecule has 1 aromatic rings. The van der Waals surface area contributed by atoms with Crippen molar-refractivity contribution >= 4 is 15.8 Å². The van der Waals surface area contributed by atoms with E-state index >= 15 is 0 Å². The number of sulfonamides is 1. The lowest BCUT2D eigenvalue weighted by atomic mass is 10.1. The molecule has 0 spiro atoms. The van der Waals surface area contributed by atoms with Crippen LogP contribution in [0.2, 0.25) is 0 Å². The number of hydrogen-bond acceptors (Lipinski definition) is 4. The summed E-state index contributed by atoms with van der Waals surface area (Å²) in [4.78, 5) is 4.40. The first-order valence-corrected chi connectivity index (χ1v) is 7.92. The number of aromatic nitrogens is 1. The Morgan fingerprint density at radius 1 is 1.28 bits per heavy atom. The summed E-state index contributed by atoms with van der Waals surface area (Å²) in [6.45, 7) is 1.00. The first-order chi connectivity index (χ1) is 8.65. The van der Waals surface area contributed by atoms with E-state index in [0.29, 0.717) is 5.82 Å². The van der Waals surface area contributed by atoms with Crippen molar-refractivity contribution in [2.75, 3.05) is 11.3 Å². The molecule has 2 N–H and O–H groups in total. The number of nitrogens with zero attached hydrogens (tertiary/aromatic N) is 1. The van der Waals surface area contributed by atoms with Gasteiger partial charge in [0.25, 0.3) is 0 Å². The lowest BCUT2D eigenvalue weighted by Gasteiger charge is -2.12. The van der Waals surface area contributed by atoms with E-state index in [2.05, 4.69) is 15.0 Å². The first kappa shape index (κ1) is 11.9. The van der Waals surface area contributed by atoms with Gasteiger partial charge < -0.3 is 5.32 Å². The van der Waals surface area contributed by atoms with Crippen molar-refractivity contribution in [3.05, 3.63) is 23.9 Å². The molecular weight excluding hydrogens is 250 g/mol. The van der Waals surface area contributed by atoms with Gasteiger partial charge in [0.1, 0.15) is 5.82 Å². The number of rotatable bonds is 4. The predicted molar refractivity (Wildman–Crippen MR) is 69.8 cm³/mol. The molecule has 2 aliphatic rings. The third kappa shape index (κ3) is 2.49. The lowest BCUT2D eigenvalue weighted by Crippen LogP contribution is -2.19. The van der Waals surface area contributed by atoms with E-state index < -0.39 is 10.0 Å². The van der Waals surface area contributed by atoms with Crippen LogP contribution in [0.4, 0.5) is 5.82 Å². The summed E-state index contributed by atoms with van der Waals surface area (Å²) < 4.78 is 26.2. The van der Waals surface area contributed by atoms with Crippen molar-refractivity contribution in [2.45, 2.75) is 37.0 Å². The Morgan fingerprint density at radius 2 is 2.11 bits per heavy atom. The van der Waals surface area contributed by atoms with E-state index in [1.807, 2.05) is 12.1 Å². The lowest BCUT2D eigenvalue weighted by molar-refractivity contribution is 0.599. The molecule has 3 rings (SSSR count). The maximum atomic E-state index is 11.8. The Bertz CT molecular complexity index is 534. The van der Waals surface area contributed by atoms with Gasteiger partial charge in [-0.3, -0.25) is 4.72 Å². The zero-order valence-electron chi connectivity index (χ0n) is 10.1. The Labute approximate surface area is 107 Å². The van der Waals surface area contributed by atoms with E-state index in [-0.39, 0.29) is 11.3 Å². The smallest absolute Gasteiger partial charge is 0.236 e. The molecule has 0 amide bonds. The molecule has 0 radical (unpaired) electrons. The summed E-state index contributed by atoms with van der Waals surface area (Å²) in [6, 6.07) is 5.76. The highest BCUT2D eigenvalue weighted by Crippen LogP contribution is 2.29. The molecule has 1 aromatic heterocycles. The first-order valence-electron chi connectivity index (χ1n) is 6.37. The summed E-state index contributed by atoms with van der Waals surface area (Å²) in [6.07, 6.45) is 3.73. The standard InChI is InChI=1S/C12H17N3O2S/c16-18(17,9-6-7-9)15-12-5-1-3-11(14-12)10-4-2-8-13-10/h1,3,5,9-10,13H,2,4,6-8H2,(H,14,15)/t10-/m1/s1. The molecule has 0 unspecified atom stereocenters. The van der Waals surface area contributed by atoms with Crippen LogP contribution < -0.4 is 10.0 Å². The van der Waals surface area contributed by atoms with Gasteiger partial charge in [0.15, 0.2) is 0 Å². The monoisotopic (exact) mass is 267 g/mol. The fourth-order valence-corrected chi connectivity index (χ4v) is 3.58. The van der Waals surface area contributed by atoms with Gasteiger partial charge in [-0.1, -0.05) is 6.07 Å². The maximum Gasteiger partial charge on any atom is 0.236 e. The zero-order chi connectivity index (χ0) is 12.6. The largest absolute Gasteiger partial charge is 0.309 e. The summed E-state index contributed by atoms with van der Waals surface area (Å²) >= 11 is 0. The second-order valence-electron chi connectivity index (χ2n) is 4.94. The van der Waals surface area contributed by atoms with Crippen molar-refractivity contribution in [2.24, 2.45) is 0 Å². The quantitative estimate of drug-likeness (QED) is 0.865. The zero-order valence-corrected chi connectivity index (χ0v) is 10.9. The molecule has 1 atom stereocenters. The molecule has 1 saturated carbocycles. The average molecular weight is 267 g/mol. The number of anilines is 1. The van der Waals surface area contributed by atoms with Gasteiger partial charge in [-0.25, -0.2) is 13.4 Å². The van der Waals surface area contributed by atoms with Gasteiger partial charge in [-0.2, -0.15) is 0 Å². The van der Waals surface area contributed by atoms with Gasteiger partial charge in [-0.15, -0.1) is 0 Å². The van der Waals surface area contributed by atoms with Crippen LogP contribution in [0.1, 0.15) is 37.4 Å². The van der Waals surface area contributed by atoms with E-state index in [1.165, 1.54) is 0 Å². The highest BCUT2D eigenvalue weighted by Gasteiger charge is 2.36. The fraction of sp³-hybridized carbons (Fsp3) is 0.583. The van der Waals surface area contributed by atoms with Gasteiger partial charge in [0.2, 0.25) is 10.0 Å². The van der Waals surface area contributed by atoms with E-state index in [1.54, 1.807) is 6.07 Å². The van der Waals surface area contributed by atoms with Gasteiger partial charge in [0.05, 0.1) is 10.9 Å². The maximum absolute atomic E-state index is 11.8. The van der Waals surface area contributed by atoms with Crippen molar-refractivity contribution < 1.29 is 8.42 Å². The van der Waals surface area contributed by atoms with Crippen molar-refractivity contribution in [1.82, 2.24) is 10.3 Å². The van der Waals surface area contributed by atoms with Crippen LogP contribution in [0.15, 0.2) is 18.2 Å². The second-order valence-corrected chi connectivity index (χ2v) is 6.90. The minimum Gasteiger partial charge on any atom is -0.309 e. The minimum absolute atomic E-state index is 0.215. The normalized spacial score (nSPS) is 24.1. The summed E-state index contributed by atoms with van der Waals surface area (Å²) in [5.41, 5.74) is 0.920. The van der Waals surface area contributed by atoms with Gasteiger partial charge >= 0.3 is 0 Å². The highest BCUT2D eigenvalue weighted by molar-refractivity contribution is 7.93. The molecule has 1 aliphatic carbocycles. The fourth-order valence-electron chi connectivity index (χ4n) is 2.25. The SMILES string of the molecule is O=S(=O)(Nc1cccc([C@H]2CCCN2)n1)C1CC1. The third-order valence-electron chi connectivity index (χ3n) is 3.40. The molecule has 1 saturated heterocycles. The Morgan fingerprint density at radius 3 is 2.78 bits per heavy atom. The molecule has 2 fully saturated rings. The average Bonchev–Trinajstić information content (AvgIpc) is 3.06. The van der Waals surface area contributed by atoms with Crippen LogP contribution in [0.5, 0.6) is 0 Å². The van der Waals surface area contributed by atoms with E-state index in [9.17, 15) is 8.42 Å². The van der Waals surface area contributed by atoms with Crippen molar-refractivity contribution in [1.29, 1.82) is 0 Å². The molecule has 98 valence electrons. The molecule has 0 aromatic carbocycles. The van der Waals surface area contributed by atoms with Crippen LogP contribution in [0, 0.1) is 0 Å². The molecule has 6 heteroatoms. The summed E-state index contributed by atoms with van der Waals surface area (Å²) in [5.74, 6) is 0.438. The molecule has 2 heterocycles. The molecule has 0 bridgehead atoms. The molecule has 1 aliphatic heterocycles. The predicted octanol–water partition coefficient (Wildman–Crippen LogP) is 1.41. The van der Waals surface area contributed by atoms with Crippen LogP contribution in [0.25, 0.3) is 0 Å². The van der Waals surface area contributed by atoms with Crippen LogP contribution >= 0.6 is 0 Å². The van der Waals surface area contributed by atoms with Crippen LogP contribution in [-0.4, -0.2) is 25.2 Å². The van der Waals surface area contributed by atoms with Gasteiger partial charge in [-0.05, 0) is 44.4 Å². The third-order valence-corrected chi connectivity index (χ3v) is 5.24. The Kier molecular flexibility index (Phi) is 2.99. The topological polar surface area (TPSA) is 71.1 Å². The summed E-state index contributed by atoms with van der Waals surface area (Å²) in [5, 5.41) is 3.14. The second kappa shape index (κ2) is 4.51. The number of hydrogen-bond donors (Lipinski definition) is 2. The number of nitrogens with one attached hydrogen (secondary N) is 2. The van der Waals surface area contributed by atoms with Crippen molar-refractivity contribution in [3.8, 4) is 0 Å². The van der Waals surface area contributed by atoms with Crippen molar-refractivity contribution in [3.63, 3.8) is 0 Å².